The third-order valence-corrected chi connectivity index (χ3v) is 3.78. The topological polar surface area (TPSA) is 41.5 Å². The Morgan fingerprint density at radius 2 is 1.85 bits per heavy atom. The van der Waals surface area contributed by atoms with Crippen LogP contribution in [0.3, 0.4) is 0 Å². The Morgan fingerprint density at radius 1 is 1.20 bits per heavy atom. The molecule has 1 aliphatic rings. The molecule has 2 N–H and O–H groups in total. The molecule has 2 rings (SSSR count). The smallest absolute Gasteiger partial charge is 0.387 e. The van der Waals surface area contributed by atoms with E-state index in [1.807, 2.05) is 0 Å². The molecule has 20 heavy (non-hydrogen) atoms. The SMILES string of the molecule is OC(CNCc1ccc(OC(F)F)cc1)C1CCCC1. The summed E-state index contributed by atoms with van der Waals surface area (Å²) in [5.41, 5.74) is 0.977. The Labute approximate surface area is 117 Å². The Balaban J connectivity index is 1.70. The van der Waals surface area contributed by atoms with Crippen molar-refractivity contribution in [2.45, 2.75) is 44.9 Å². The zero-order valence-corrected chi connectivity index (χ0v) is 11.4. The Hall–Kier alpha value is -1.20. The van der Waals surface area contributed by atoms with Crippen molar-refractivity contribution in [3.8, 4) is 5.75 Å². The minimum absolute atomic E-state index is 0.162. The number of ether oxygens (including phenoxy) is 1. The number of halogens is 2. The van der Waals surface area contributed by atoms with E-state index in [0.717, 1.165) is 18.4 Å². The van der Waals surface area contributed by atoms with Crippen molar-refractivity contribution in [2.24, 2.45) is 5.92 Å². The molecule has 1 saturated carbocycles. The van der Waals surface area contributed by atoms with Crippen molar-refractivity contribution in [2.75, 3.05) is 6.54 Å². The van der Waals surface area contributed by atoms with Gasteiger partial charge >= 0.3 is 6.61 Å². The van der Waals surface area contributed by atoms with Crippen molar-refractivity contribution >= 4 is 0 Å². The number of rotatable bonds is 7. The molecule has 0 aromatic heterocycles. The van der Waals surface area contributed by atoms with Gasteiger partial charge in [0, 0.05) is 13.1 Å². The minimum Gasteiger partial charge on any atom is -0.435 e. The maximum absolute atomic E-state index is 12.0. The number of aliphatic hydroxyl groups is 1. The molecule has 1 aliphatic carbocycles. The van der Waals surface area contributed by atoms with E-state index in [4.69, 9.17) is 0 Å². The first-order chi connectivity index (χ1) is 9.65. The maximum atomic E-state index is 12.0. The molecule has 0 radical (unpaired) electrons. The van der Waals surface area contributed by atoms with E-state index in [1.54, 1.807) is 12.1 Å². The molecule has 1 unspecified atom stereocenters. The average molecular weight is 285 g/mol. The van der Waals surface area contributed by atoms with E-state index < -0.39 is 6.61 Å². The van der Waals surface area contributed by atoms with Gasteiger partial charge in [-0.1, -0.05) is 25.0 Å². The predicted octanol–water partition coefficient (Wildman–Crippen LogP) is 2.93. The van der Waals surface area contributed by atoms with Crippen LogP contribution in [0.5, 0.6) is 5.75 Å². The van der Waals surface area contributed by atoms with Crippen molar-refractivity contribution < 1.29 is 18.6 Å². The van der Waals surface area contributed by atoms with Crippen molar-refractivity contribution in [1.82, 2.24) is 5.32 Å². The summed E-state index contributed by atoms with van der Waals surface area (Å²) >= 11 is 0. The fourth-order valence-electron chi connectivity index (χ4n) is 2.66. The number of alkyl halides is 2. The highest BCUT2D eigenvalue weighted by Gasteiger charge is 2.22. The quantitative estimate of drug-likeness (QED) is 0.809. The Kier molecular flexibility index (Phi) is 5.73. The van der Waals surface area contributed by atoms with Gasteiger partial charge in [0.2, 0.25) is 0 Å². The molecule has 0 bridgehead atoms. The molecule has 0 heterocycles. The van der Waals surface area contributed by atoms with Crippen molar-refractivity contribution in [3.05, 3.63) is 29.8 Å². The average Bonchev–Trinajstić information content (AvgIpc) is 2.94. The summed E-state index contributed by atoms with van der Waals surface area (Å²) in [5, 5.41) is 13.2. The summed E-state index contributed by atoms with van der Waals surface area (Å²) < 4.78 is 28.3. The van der Waals surface area contributed by atoms with Crippen LogP contribution >= 0.6 is 0 Å². The lowest BCUT2D eigenvalue weighted by molar-refractivity contribution is -0.0498. The summed E-state index contributed by atoms with van der Waals surface area (Å²) in [7, 11) is 0. The minimum atomic E-state index is -2.79. The fourth-order valence-corrected chi connectivity index (χ4v) is 2.66. The van der Waals surface area contributed by atoms with Gasteiger partial charge in [-0.3, -0.25) is 0 Å². The monoisotopic (exact) mass is 285 g/mol. The summed E-state index contributed by atoms with van der Waals surface area (Å²) in [6.07, 6.45) is 4.37. The highest BCUT2D eigenvalue weighted by molar-refractivity contribution is 5.27. The molecule has 0 spiro atoms. The van der Waals surface area contributed by atoms with E-state index in [2.05, 4.69) is 10.1 Å². The number of nitrogens with one attached hydrogen (secondary N) is 1. The summed E-state index contributed by atoms with van der Waals surface area (Å²) in [4.78, 5) is 0. The van der Waals surface area contributed by atoms with E-state index >= 15 is 0 Å². The molecule has 5 heteroatoms. The lowest BCUT2D eigenvalue weighted by atomic mass is 10.0. The Morgan fingerprint density at radius 3 is 2.45 bits per heavy atom. The van der Waals surface area contributed by atoms with Gasteiger partial charge in [-0.25, -0.2) is 0 Å². The van der Waals surface area contributed by atoms with E-state index in [0.29, 0.717) is 19.0 Å². The van der Waals surface area contributed by atoms with Crippen LogP contribution in [-0.4, -0.2) is 24.4 Å². The van der Waals surface area contributed by atoms with Crippen LogP contribution in [0.15, 0.2) is 24.3 Å². The van der Waals surface area contributed by atoms with E-state index in [-0.39, 0.29) is 11.9 Å². The summed E-state index contributed by atoms with van der Waals surface area (Å²) in [6, 6.07) is 6.53. The first-order valence-corrected chi connectivity index (χ1v) is 7.07. The van der Waals surface area contributed by atoms with Crippen LogP contribution in [0.4, 0.5) is 8.78 Å². The zero-order valence-electron chi connectivity index (χ0n) is 11.4. The van der Waals surface area contributed by atoms with Crippen LogP contribution in [-0.2, 0) is 6.54 Å². The summed E-state index contributed by atoms with van der Waals surface area (Å²) in [5.74, 6) is 0.582. The van der Waals surface area contributed by atoms with Crippen LogP contribution in [0.25, 0.3) is 0 Å². The molecule has 0 aliphatic heterocycles. The second-order valence-corrected chi connectivity index (χ2v) is 5.27. The first-order valence-electron chi connectivity index (χ1n) is 7.07. The molecule has 0 amide bonds. The van der Waals surface area contributed by atoms with Gasteiger partial charge in [-0.2, -0.15) is 8.78 Å². The van der Waals surface area contributed by atoms with Gasteiger partial charge in [-0.15, -0.1) is 0 Å². The van der Waals surface area contributed by atoms with Gasteiger partial charge in [0.1, 0.15) is 5.75 Å². The van der Waals surface area contributed by atoms with E-state index in [1.165, 1.54) is 25.0 Å². The zero-order chi connectivity index (χ0) is 14.4. The third kappa shape index (κ3) is 4.72. The van der Waals surface area contributed by atoms with Crippen LogP contribution in [0.1, 0.15) is 31.2 Å². The van der Waals surface area contributed by atoms with Gasteiger partial charge < -0.3 is 15.2 Å². The van der Waals surface area contributed by atoms with Gasteiger partial charge in [-0.05, 0) is 36.5 Å². The van der Waals surface area contributed by atoms with Gasteiger partial charge in [0.15, 0.2) is 0 Å². The maximum Gasteiger partial charge on any atom is 0.387 e. The van der Waals surface area contributed by atoms with Crippen LogP contribution < -0.4 is 10.1 Å². The molecular weight excluding hydrogens is 264 g/mol. The number of hydrogen-bond donors (Lipinski definition) is 2. The molecule has 112 valence electrons. The third-order valence-electron chi connectivity index (χ3n) is 3.78. The molecule has 1 aromatic rings. The van der Waals surface area contributed by atoms with Gasteiger partial charge in [0.05, 0.1) is 6.10 Å². The van der Waals surface area contributed by atoms with Crippen LogP contribution in [0.2, 0.25) is 0 Å². The molecule has 1 atom stereocenters. The first kappa shape index (κ1) is 15.2. The highest BCUT2D eigenvalue weighted by atomic mass is 19.3. The van der Waals surface area contributed by atoms with Crippen LogP contribution in [0, 0.1) is 5.92 Å². The van der Waals surface area contributed by atoms with Crippen molar-refractivity contribution in [3.63, 3.8) is 0 Å². The molecular formula is C15H21F2NO2. The number of hydrogen-bond acceptors (Lipinski definition) is 3. The molecule has 1 fully saturated rings. The van der Waals surface area contributed by atoms with E-state index in [9.17, 15) is 13.9 Å². The normalized spacial score (nSPS) is 17.6. The predicted molar refractivity (Wildman–Crippen MR) is 72.7 cm³/mol. The lowest BCUT2D eigenvalue weighted by Gasteiger charge is -2.18. The number of aliphatic hydroxyl groups excluding tert-OH is 1. The van der Waals surface area contributed by atoms with Crippen molar-refractivity contribution in [1.29, 1.82) is 0 Å². The molecule has 1 aromatic carbocycles. The summed E-state index contributed by atoms with van der Waals surface area (Å²) in [6.45, 7) is -1.61. The Bertz CT molecular complexity index is 391. The molecule has 3 nitrogen and oxygen atoms in total. The molecule has 0 saturated heterocycles. The lowest BCUT2D eigenvalue weighted by Crippen LogP contribution is -2.31. The fraction of sp³-hybridized carbons (Fsp3) is 0.600. The second-order valence-electron chi connectivity index (χ2n) is 5.27. The number of benzene rings is 1. The van der Waals surface area contributed by atoms with Gasteiger partial charge in [0.25, 0.3) is 0 Å². The second kappa shape index (κ2) is 7.55. The largest absolute Gasteiger partial charge is 0.435 e. The highest BCUT2D eigenvalue weighted by Crippen LogP contribution is 2.27. The standard InChI is InChI=1S/C15H21F2NO2/c16-15(17)20-13-7-5-11(6-8-13)9-18-10-14(19)12-3-1-2-4-12/h5-8,12,14-15,18-19H,1-4,9-10H2.